The summed E-state index contributed by atoms with van der Waals surface area (Å²) in [5, 5.41) is 1.54. The van der Waals surface area contributed by atoms with Crippen molar-refractivity contribution in [2.75, 3.05) is 0 Å². The van der Waals surface area contributed by atoms with Crippen molar-refractivity contribution in [1.82, 2.24) is 0 Å². The highest BCUT2D eigenvalue weighted by atomic mass is 32.2. The van der Waals surface area contributed by atoms with Crippen molar-refractivity contribution in [2.45, 2.75) is 11.8 Å². The molecule has 0 atom stereocenters. The van der Waals surface area contributed by atoms with E-state index in [-0.39, 0.29) is 4.90 Å². The molecule has 0 saturated heterocycles. The number of hydrogen-bond donors (Lipinski definition) is 0. The molecular weight excluding hydrogens is 236 g/mol. The van der Waals surface area contributed by atoms with Crippen LogP contribution in [-0.4, -0.2) is 8.42 Å². The molecule has 4 heteroatoms. The SMILES string of the molecule is C/C=C/OS(=O)(=O)c1cccc2ccccc12. The molecule has 88 valence electrons. The third-order valence-corrected chi connectivity index (χ3v) is 3.60. The van der Waals surface area contributed by atoms with Gasteiger partial charge in [-0.2, -0.15) is 8.42 Å². The second-order valence-corrected chi connectivity index (χ2v) is 5.04. The first-order valence-electron chi connectivity index (χ1n) is 5.17. The summed E-state index contributed by atoms with van der Waals surface area (Å²) >= 11 is 0. The van der Waals surface area contributed by atoms with Crippen LogP contribution in [0.3, 0.4) is 0 Å². The molecule has 2 rings (SSSR count). The van der Waals surface area contributed by atoms with Crippen LogP contribution in [0.2, 0.25) is 0 Å². The molecule has 0 fully saturated rings. The van der Waals surface area contributed by atoms with E-state index in [0.717, 1.165) is 11.6 Å². The second-order valence-electron chi connectivity index (χ2n) is 3.50. The lowest BCUT2D eigenvalue weighted by atomic mass is 10.1. The monoisotopic (exact) mass is 248 g/mol. The van der Waals surface area contributed by atoms with Gasteiger partial charge in [0.05, 0.1) is 0 Å². The van der Waals surface area contributed by atoms with E-state index in [1.54, 1.807) is 31.2 Å². The minimum Gasteiger partial charge on any atom is -0.387 e. The predicted octanol–water partition coefficient (Wildman–Crippen LogP) is 3.08. The van der Waals surface area contributed by atoms with E-state index in [1.165, 1.54) is 6.08 Å². The van der Waals surface area contributed by atoms with E-state index in [9.17, 15) is 8.42 Å². The minimum atomic E-state index is -3.74. The molecule has 0 spiro atoms. The molecule has 3 nitrogen and oxygen atoms in total. The van der Waals surface area contributed by atoms with Crippen molar-refractivity contribution in [3.8, 4) is 0 Å². The van der Waals surface area contributed by atoms with Crippen LogP contribution < -0.4 is 0 Å². The maximum Gasteiger partial charge on any atom is 0.339 e. The average Bonchev–Trinajstić information content (AvgIpc) is 2.36. The lowest BCUT2D eigenvalue weighted by molar-refractivity contribution is 0.443. The van der Waals surface area contributed by atoms with Crippen LogP contribution in [-0.2, 0) is 14.3 Å². The number of allylic oxidation sites excluding steroid dienone is 1. The summed E-state index contributed by atoms with van der Waals surface area (Å²) in [5.41, 5.74) is 0. The van der Waals surface area contributed by atoms with E-state index in [2.05, 4.69) is 0 Å². The zero-order valence-corrected chi connectivity index (χ0v) is 10.1. The fourth-order valence-electron chi connectivity index (χ4n) is 1.59. The smallest absolute Gasteiger partial charge is 0.339 e. The highest BCUT2D eigenvalue weighted by Crippen LogP contribution is 2.24. The zero-order valence-electron chi connectivity index (χ0n) is 9.33. The van der Waals surface area contributed by atoms with Gasteiger partial charge in [-0.3, -0.25) is 0 Å². The van der Waals surface area contributed by atoms with Gasteiger partial charge in [-0.1, -0.05) is 42.5 Å². The maximum absolute atomic E-state index is 11.9. The van der Waals surface area contributed by atoms with Gasteiger partial charge in [-0.15, -0.1) is 0 Å². The second kappa shape index (κ2) is 4.59. The minimum absolute atomic E-state index is 0.189. The summed E-state index contributed by atoms with van der Waals surface area (Å²) in [6, 6.07) is 12.4. The Morgan fingerprint density at radius 2 is 1.76 bits per heavy atom. The Balaban J connectivity index is 2.63. The van der Waals surface area contributed by atoms with Crippen LogP contribution in [0.5, 0.6) is 0 Å². The van der Waals surface area contributed by atoms with E-state index >= 15 is 0 Å². The molecule has 0 aromatic heterocycles. The molecule has 2 aromatic carbocycles. The van der Waals surface area contributed by atoms with Crippen LogP contribution in [0.25, 0.3) is 10.8 Å². The predicted molar refractivity (Wildman–Crippen MR) is 67.0 cm³/mol. The number of hydrogen-bond acceptors (Lipinski definition) is 3. The topological polar surface area (TPSA) is 43.4 Å². The standard InChI is InChI=1S/C13H12O3S/c1-2-10-16-17(14,15)13-9-5-7-11-6-3-4-8-12(11)13/h2-10H,1H3/b10-2+. The summed E-state index contributed by atoms with van der Waals surface area (Å²) in [6.07, 6.45) is 2.69. The Morgan fingerprint density at radius 1 is 1.06 bits per heavy atom. The average molecular weight is 248 g/mol. The molecule has 2 aromatic rings. The molecule has 0 radical (unpaired) electrons. The van der Waals surface area contributed by atoms with Gasteiger partial charge in [0.2, 0.25) is 0 Å². The molecule has 0 aliphatic carbocycles. The summed E-state index contributed by atoms with van der Waals surface area (Å²) in [4.78, 5) is 0.189. The van der Waals surface area contributed by atoms with Gasteiger partial charge in [0.15, 0.2) is 0 Å². The number of benzene rings is 2. The lowest BCUT2D eigenvalue weighted by Gasteiger charge is -2.06. The van der Waals surface area contributed by atoms with Crippen molar-refractivity contribution in [2.24, 2.45) is 0 Å². The lowest BCUT2D eigenvalue weighted by Crippen LogP contribution is -2.02. The fourth-order valence-corrected chi connectivity index (χ4v) is 2.66. The van der Waals surface area contributed by atoms with Gasteiger partial charge < -0.3 is 4.18 Å². The number of rotatable bonds is 3. The summed E-state index contributed by atoms with van der Waals surface area (Å²) in [7, 11) is -3.74. The van der Waals surface area contributed by atoms with Crippen molar-refractivity contribution in [3.05, 3.63) is 54.8 Å². The molecule has 0 aliphatic heterocycles. The Morgan fingerprint density at radius 3 is 2.53 bits per heavy atom. The van der Waals surface area contributed by atoms with Crippen molar-refractivity contribution >= 4 is 20.9 Å². The Kier molecular flexibility index (Phi) is 3.15. The van der Waals surface area contributed by atoms with E-state index in [1.807, 2.05) is 18.2 Å². The summed E-state index contributed by atoms with van der Waals surface area (Å²) in [5.74, 6) is 0. The molecular formula is C13H12O3S. The van der Waals surface area contributed by atoms with Crippen LogP contribution in [0.15, 0.2) is 59.7 Å². The van der Waals surface area contributed by atoms with Gasteiger partial charge in [0.25, 0.3) is 0 Å². The van der Waals surface area contributed by atoms with Gasteiger partial charge in [0.1, 0.15) is 11.2 Å². The summed E-state index contributed by atoms with van der Waals surface area (Å²) < 4.78 is 28.6. The van der Waals surface area contributed by atoms with Crippen LogP contribution in [0, 0.1) is 0 Å². The third-order valence-electron chi connectivity index (χ3n) is 2.34. The van der Waals surface area contributed by atoms with Crippen LogP contribution >= 0.6 is 0 Å². The largest absolute Gasteiger partial charge is 0.387 e. The van der Waals surface area contributed by atoms with Crippen LogP contribution in [0.1, 0.15) is 6.92 Å². The highest BCUT2D eigenvalue weighted by molar-refractivity contribution is 7.87. The molecule has 0 aliphatic rings. The maximum atomic E-state index is 11.9. The van der Waals surface area contributed by atoms with Crippen molar-refractivity contribution < 1.29 is 12.6 Å². The van der Waals surface area contributed by atoms with Crippen molar-refractivity contribution in [3.63, 3.8) is 0 Å². The Labute approximate surface area is 100 Å². The molecule has 0 N–H and O–H groups in total. The molecule has 0 heterocycles. The van der Waals surface area contributed by atoms with Gasteiger partial charge in [-0.25, -0.2) is 0 Å². The molecule has 0 saturated carbocycles. The van der Waals surface area contributed by atoms with E-state index in [4.69, 9.17) is 4.18 Å². The Bertz CT molecular complexity index is 652. The highest BCUT2D eigenvalue weighted by Gasteiger charge is 2.16. The zero-order chi connectivity index (χ0) is 12.3. The van der Waals surface area contributed by atoms with E-state index < -0.39 is 10.1 Å². The number of fused-ring (bicyclic) bond motifs is 1. The van der Waals surface area contributed by atoms with Crippen LogP contribution in [0.4, 0.5) is 0 Å². The molecule has 0 amide bonds. The third kappa shape index (κ3) is 2.31. The van der Waals surface area contributed by atoms with Gasteiger partial charge in [-0.05, 0) is 18.4 Å². The van der Waals surface area contributed by atoms with Gasteiger partial charge in [0, 0.05) is 5.39 Å². The first-order chi connectivity index (χ1) is 8.15. The molecule has 17 heavy (non-hydrogen) atoms. The quantitative estimate of drug-likeness (QED) is 0.619. The first kappa shape index (κ1) is 11.7. The van der Waals surface area contributed by atoms with Gasteiger partial charge >= 0.3 is 10.1 Å². The fraction of sp³-hybridized carbons (Fsp3) is 0.0769. The molecule has 0 unspecified atom stereocenters. The normalized spacial score (nSPS) is 12.1. The van der Waals surface area contributed by atoms with E-state index in [0.29, 0.717) is 5.39 Å². The first-order valence-corrected chi connectivity index (χ1v) is 6.58. The Hall–Kier alpha value is -1.81. The van der Waals surface area contributed by atoms with Crippen molar-refractivity contribution in [1.29, 1.82) is 0 Å². The summed E-state index contributed by atoms with van der Waals surface area (Å²) in [6.45, 7) is 1.69. The molecule has 0 bridgehead atoms.